The van der Waals surface area contributed by atoms with Crippen LogP contribution in [0.4, 0.5) is 4.79 Å². The first-order valence-electron chi connectivity index (χ1n) is 3.41. The molecule has 1 N–H and O–H groups in total. The number of hydrogen-bond acceptors (Lipinski definition) is 3. The third kappa shape index (κ3) is 0.759. The fraction of sp³-hybridized carbons (Fsp3) is 0.833. The molecule has 56 valence electrons. The van der Waals surface area contributed by atoms with E-state index in [-0.39, 0.29) is 18.2 Å². The molecule has 1 amide bonds. The molecule has 0 aromatic heterocycles. The minimum absolute atomic E-state index is 0.0949. The second kappa shape index (κ2) is 1.85. The van der Waals surface area contributed by atoms with Gasteiger partial charge in [-0.05, 0) is 7.05 Å². The summed E-state index contributed by atoms with van der Waals surface area (Å²) in [6.07, 6.45) is -0.166. The van der Waals surface area contributed by atoms with Crippen molar-refractivity contribution < 1.29 is 9.53 Å². The van der Waals surface area contributed by atoms with E-state index >= 15 is 0 Å². The lowest BCUT2D eigenvalue weighted by molar-refractivity contribution is 0.134. The Morgan fingerprint density at radius 2 is 2.50 bits per heavy atom. The lowest BCUT2D eigenvalue weighted by Crippen LogP contribution is -2.31. The zero-order valence-corrected chi connectivity index (χ0v) is 5.83. The number of alkyl carbamates (subject to hydrolysis) is 1. The molecular weight excluding hydrogens is 132 g/mol. The highest BCUT2D eigenvalue weighted by atomic mass is 16.6. The van der Waals surface area contributed by atoms with E-state index in [0.29, 0.717) is 0 Å². The van der Waals surface area contributed by atoms with E-state index in [1.807, 2.05) is 7.05 Å². The number of rotatable bonds is 0. The predicted octanol–water partition coefficient (Wildman–Crippen LogP) is -0.591. The third-order valence-corrected chi connectivity index (χ3v) is 2.01. The van der Waals surface area contributed by atoms with Gasteiger partial charge in [-0.15, -0.1) is 0 Å². The van der Waals surface area contributed by atoms with Crippen molar-refractivity contribution in [3.8, 4) is 0 Å². The van der Waals surface area contributed by atoms with Gasteiger partial charge in [-0.2, -0.15) is 0 Å². The molecule has 0 saturated carbocycles. The lowest BCUT2D eigenvalue weighted by Gasteiger charge is -2.06. The fourth-order valence-corrected chi connectivity index (χ4v) is 1.54. The molecule has 0 bridgehead atoms. The number of carbonyl (C=O) groups is 1. The van der Waals surface area contributed by atoms with Crippen molar-refractivity contribution in [3.63, 3.8) is 0 Å². The SMILES string of the molecule is CN1CC2NC(=O)O[C@@H]2C1. The van der Waals surface area contributed by atoms with Gasteiger partial charge < -0.3 is 15.0 Å². The van der Waals surface area contributed by atoms with Gasteiger partial charge in [0.1, 0.15) is 6.10 Å². The van der Waals surface area contributed by atoms with Crippen LogP contribution in [0.5, 0.6) is 0 Å². The summed E-state index contributed by atoms with van der Waals surface area (Å²) < 4.78 is 4.96. The van der Waals surface area contributed by atoms with Crippen molar-refractivity contribution in [2.45, 2.75) is 12.1 Å². The van der Waals surface area contributed by atoms with Gasteiger partial charge in [0, 0.05) is 13.1 Å². The highest BCUT2D eigenvalue weighted by molar-refractivity contribution is 5.70. The summed E-state index contributed by atoms with van der Waals surface area (Å²) in [7, 11) is 2.02. The standard InChI is InChI=1S/C6H10N2O2/c1-8-2-4-5(3-8)10-6(9)7-4/h4-5H,2-3H2,1H3,(H,7,9)/t4?,5-/m1/s1. The number of hydrogen-bond donors (Lipinski definition) is 1. The van der Waals surface area contributed by atoms with Crippen LogP contribution in [0.15, 0.2) is 0 Å². The van der Waals surface area contributed by atoms with E-state index in [1.165, 1.54) is 0 Å². The summed E-state index contributed by atoms with van der Waals surface area (Å²) in [5.74, 6) is 0. The number of likely N-dealkylation sites (tertiary alicyclic amines) is 1. The average molecular weight is 142 g/mol. The van der Waals surface area contributed by atoms with Gasteiger partial charge in [0.2, 0.25) is 0 Å². The molecule has 0 spiro atoms. The second-order valence-electron chi connectivity index (χ2n) is 2.92. The zero-order chi connectivity index (χ0) is 7.14. The molecule has 2 rings (SSSR count). The number of likely N-dealkylation sites (N-methyl/N-ethyl adjacent to an activating group) is 1. The first kappa shape index (κ1) is 5.97. The molecule has 2 aliphatic rings. The number of carbonyl (C=O) groups excluding carboxylic acids is 1. The van der Waals surface area contributed by atoms with Crippen LogP contribution in [-0.2, 0) is 4.74 Å². The van der Waals surface area contributed by atoms with Gasteiger partial charge in [-0.1, -0.05) is 0 Å². The minimum Gasteiger partial charge on any atom is -0.443 e. The van der Waals surface area contributed by atoms with E-state index in [1.54, 1.807) is 0 Å². The molecule has 1 unspecified atom stereocenters. The molecule has 2 fully saturated rings. The summed E-state index contributed by atoms with van der Waals surface area (Å²) >= 11 is 0. The Morgan fingerprint density at radius 1 is 1.70 bits per heavy atom. The zero-order valence-electron chi connectivity index (χ0n) is 5.83. The predicted molar refractivity (Wildman–Crippen MR) is 34.7 cm³/mol. The summed E-state index contributed by atoms with van der Waals surface area (Å²) in [4.78, 5) is 12.8. The topological polar surface area (TPSA) is 41.6 Å². The van der Waals surface area contributed by atoms with Crippen LogP contribution in [0.25, 0.3) is 0 Å². The highest BCUT2D eigenvalue weighted by Crippen LogP contribution is 2.16. The van der Waals surface area contributed by atoms with Gasteiger partial charge in [0.15, 0.2) is 0 Å². The van der Waals surface area contributed by atoms with E-state index in [4.69, 9.17) is 4.74 Å². The van der Waals surface area contributed by atoms with Crippen LogP contribution in [-0.4, -0.2) is 43.3 Å². The molecule has 0 aromatic rings. The molecule has 2 aliphatic heterocycles. The quantitative estimate of drug-likeness (QED) is 0.491. The molecule has 2 heterocycles. The summed E-state index contributed by atoms with van der Waals surface area (Å²) in [6.45, 7) is 1.78. The molecule has 10 heavy (non-hydrogen) atoms. The smallest absolute Gasteiger partial charge is 0.407 e. The average Bonchev–Trinajstić information content (AvgIpc) is 2.21. The molecule has 0 aliphatic carbocycles. The van der Waals surface area contributed by atoms with E-state index in [9.17, 15) is 4.79 Å². The van der Waals surface area contributed by atoms with E-state index in [2.05, 4.69) is 10.2 Å². The molecule has 2 saturated heterocycles. The maximum atomic E-state index is 10.6. The molecule has 0 aromatic carbocycles. The molecule has 4 nitrogen and oxygen atoms in total. The summed E-state index contributed by atoms with van der Waals surface area (Å²) in [5.41, 5.74) is 0. The Morgan fingerprint density at radius 3 is 3.20 bits per heavy atom. The Bertz CT molecular complexity index is 155. The van der Waals surface area contributed by atoms with Gasteiger partial charge in [0.05, 0.1) is 6.04 Å². The van der Waals surface area contributed by atoms with Crippen LogP contribution < -0.4 is 5.32 Å². The Hall–Kier alpha value is -0.770. The normalized spacial score (nSPS) is 39.1. The summed E-state index contributed by atoms with van der Waals surface area (Å²) in [5, 5.41) is 2.74. The largest absolute Gasteiger partial charge is 0.443 e. The minimum atomic E-state index is -0.261. The van der Waals surface area contributed by atoms with Crippen LogP contribution in [0.3, 0.4) is 0 Å². The van der Waals surface area contributed by atoms with Crippen molar-refractivity contribution in [2.75, 3.05) is 20.1 Å². The number of amides is 1. The lowest BCUT2D eigenvalue weighted by atomic mass is 10.2. The second-order valence-corrected chi connectivity index (χ2v) is 2.92. The van der Waals surface area contributed by atoms with Crippen LogP contribution in [0.2, 0.25) is 0 Å². The fourth-order valence-electron chi connectivity index (χ4n) is 1.54. The maximum Gasteiger partial charge on any atom is 0.407 e. The first-order valence-corrected chi connectivity index (χ1v) is 3.41. The number of nitrogens with one attached hydrogen (secondary N) is 1. The van der Waals surface area contributed by atoms with Gasteiger partial charge >= 0.3 is 6.09 Å². The van der Waals surface area contributed by atoms with Crippen LogP contribution in [0.1, 0.15) is 0 Å². The number of nitrogens with zero attached hydrogens (tertiary/aromatic N) is 1. The molecule has 0 radical (unpaired) electrons. The van der Waals surface area contributed by atoms with E-state index in [0.717, 1.165) is 13.1 Å². The maximum absolute atomic E-state index is 10.6. The van der Waals surface area contributed by atoms with Crippen LogP contribution >= 0.6 is 0 Å². The molecule has 4 heteroatoms. The van der Waals surface area contributed by atoms with Crippen molar-refractivity contribution in [2.24, 2.45) is 0 Å². The third-order valence-electron chi connectivity index (χ3n) is 2.01. The van der Waals surface area contributed by atoms with Gasteiger partial charge in [0.25, 0.3) is 0 Å². The van der Waals surface area contributed by atoms with Crippen molar-refractivity contribution in [3.05, 3.63) is 0 Å². The van der Waals surface area contributed by atoms with Crippen molar-refractivity contribution >= 4 is 6.09 Å². The Kier molecular flexibility index (Phi) is 1.11. The van der Waals surface area contributed by atoms with Crippen LogP contribution in [0, 0.1) is 0 Å². The number of fused-ring (bicyclic) bond motifs is 1. The van der Waals surface area contributed by atoms with Gasteiger partial charge in [-0.3, -0.25) is 0 Å². The van der Waals surface area contributed by atoms with Gasteiger partial charge in [-0.25, -0.2) is 4.79 Å². The van der Waals surface area contributed by atoms with Crippen molar-refractivity contribution in [1.29, 1.82) is 0 Å². The summed E-state index contributed by atoms with van der Waals surface area (Å²) in [6, 6.07) is 0.234. The molecular formula is C6H10N2O2. The Labute approximate surface area is 59.1 Å². The molecule has 2 atom stereocenters. The first-order chi connectivity index (χ1) is 4.75. The highest BCUT2D eigenvalue weighted by Gasteiger charge is 2.40. The van der Waals surface area contributed by atoms with Crippen molar-refractivity contribution in [1.82, 2.24) is 10.2 Å². The monoisotopic (exact) mass is 142 g/mol. The Balaban J connectivity index is 2.06. The van der Waals surface area contributed by atoms with E-state index < -0.39 is 0 Å². The number of ether oxygens (including phenoxy) is 1.